The summed E-state index contributed by atoms with van der Waals surface area (Å²) in [6.45, 7) is 5.00. The second-order valence-corrected chi connectivity index (χ2v) is 5.10. The molecule has 1 aliphatic heterocycles. The van der Waals surface area contributed by atoms with Crippen LogP contribution >= 0.6 is 0 Å². The largest absolute Gasteiger partial charge is 0.384 e. The Morgan fingerprint density at radius 1 is 1.50 bits per heavy atom. The monoisotopic (exact) mass is 276 g/mol. The molecule has 0 fully saturated rings. The summed E-state index contributed by atoms with van der Waals surface area (Å²) >= 11 is 0. The molecule has 1 amide bonds. The van der Waals surface area contributed by atoms with E-state index in [1.165, 1.54) is 0 Å². The summed E-state index contributed by atoms with van der Waals surface area (Å²) in [4.78, 5) is 21.2. The highest BCUT2D eigenvalue weighted by Gasteiger charge is 2.40. The Labute approximate surface area is 118 Å². The van der Waals surface area contributed by atoms with Crippen LogP contribution < -0.4 is 10.6 Å². The van der Waals surface area contributed by atoms with E-state index in [9.17, 15) is 4.79 Å². The number of oxime groups is 1. The molecule has 0 unspecified atom stereocenters. The number of anilines is 1. The Bertz CT molecular complexity index is 489. The van der Waals surface area contributed by atoms with E-state index in [0.717, 1.165) is 24.4 Å². The first-order chi connectivity index (χ1) is 9.60. The lowest BCUT2D eigenvalue weighted by Gasteiger charge is -2.20. The first-order valence-corrected chi connectivity index (χ1v) is 6.74. The lowest BCUT2D eigenvalue weighted by atomic mass is 9.99. The van der Waals surface area contributed by atoms with Crippen LogP contribution in [0.3, 0.4) is 0 Å². The van der Waals surface area contributed by atoms with Gasteiger partial charge in [0.15, 0.2) is 0 Å². The molecule has 20 heavy (non-hydrogen) atoms. The van der Waals surface area contributed by atoms with Crippen LogP contribution in [0, 0.1) is 0 Å². The molecule has 108 valence electrons. The minimum absolute atomic E-state index is 0.112. The summed E-state index contributed by atoms with van der Waals surface area (Å²) in [6, 6.07) is 3.84. The van der Waals surface area contributed by atoms with Crippen molar-refractivity contribution in [2.75, 3.05) is 18.4 Å². The number of carbonyl (C=O) groups excluding carboxylic acids is 1. The molecule has 1 aromatic heterocycles. The number of carbonyl (C=O) groups is 1. The van der Waals surface area contributed by atoms with Gasteiger partial charge in [-0.25, -0.2) is 0 Å². The number of amides is 1. The fraction of sp³-hybridized carbons (Fsp3) is 0.500. The molecule has 6 heteroatoms. The van der Waals surface area contributed by atoms with Crippen molar-refractivity contribution in [1.29, 1.82) is 0 Å². The van der Waals surface area contributed by atoms with Gasteiger partial charge in [-0.1, -0.05) is 5.16 Å². The number of hydrogen-bond acceptors (Lipinski definition) is 5. The van der Waals surface area contributed by atoms with E-state index in [1.807, 2.05) is 19.1 Å². The zero-order chi connectivity index (χ0) is 14.4. The average molecular weight is 276 g/mol. The third kappa shape index (κ3) is 3.69. The van der Waals surface area contributed by atoms with E-state index in [0.29, 0.717) is 13.0 Å². The first kappa shape index (κ1) is 14.3. The van der Waals surface area contributed by atoms with E-state index in [-0.39, 0.29) is 5.91 Å². The highest BCUT2D eigenvalue weighted by Crippen LogP contribution is 2.23. The molecular weight excluding hydrogens is 256 g/mol. The van der Waals surface area contributed by atoms with Crippen LogP contribution in [-0.2, 0) is 9.63 Å². The fourth-order valence-electron chi connectivity index (χ4n) is 2.03. The predicted octanol–water partition coefficient (Wildman–Crippen LogP) is 1.55. The van der Waals surface area contributed by atoms with Gasteiger partial charge in [0.2, 0.25) is 5.60 Å². The third-order valence-electron chi connectivity index (χ3n) is 3.11. The van der Waals surface area contributed by atoms with Crippen LogP contribution in [0.4, 0.5) is 5.69 Å². The Morgan fingerprint density at radius 3 is 3.00 bits per heavy atom. The SMILES string of the molecule is CC1=NO[C@](C)(C(=O)NCCCNc2cccnc2)C1. The number of nitrogens with one attached hydrogen (secondary N) is 2. The number of rotatable bonds is 6. The second kappa shape index (κ2) is 6.36. The normalized spacial score (nSPS) is 21.0. The lowest BCUT2D eigenvalue weighted by molar-refractivity contribution is -0.141. The molecule has 0 bridgehead atoms. The molecule has 0 radical (unpaired) electrons. The second-order valence-electron chi connectivity index (χ2n) is 5.10. The molecule has 1 aliphatic rings. The Hall–Kier alpha value is -2.11. The van der Waals surface area contributed by atoms with E-state index in [2.05, 4.69) is 20.8 Å². The number of nitrogens with zero attached hydrogens (tertiary/aromatic N) is 2. The van der Waals surface area contributed by atoms with E-state index < -0.39 is 5.60 Å². The number of pyridine rings is 1. The smallest absolute Gasteiger partial charge is 0.267 e. The summed E-state index contributed by atoms with van der Waals surface area (Å²) in [7, 11) is 0. The quantitative estimate of drug-likeness (QED) is 0.773. The van der Waals surface area contributed by atoms with Gasteiger partial charge in [-0.3, -0.25) is 9.78 Å². The zero-order valence-corrected chi connectivity index (χ0v) is 11.8. The third-order valence-corrected chi connectivity index (χ3v) is 3.11. The summed E-state index contributed by atoms with van der Waals surface area (Å²) in [6.07, 6.45) is 4.88. The molecule has 0 spiro atoms. The molecule has 0 saturated carbocycles. The zero-order valence-electron chi connectivity index (χ0n) is 11.8. The minimum Gasteiger partial charge on any atom is -0.384 e. The molecule has 2 rings (SSSR count). The van der Waals surface area contributed by atoms with Crippen LogP contribution in [0.5, 0.6) is 0 Å². The van der Waals surface area contributed by atoms with Crippen molar-refractivity contribution in [3.8, 4) is 0 Å². The van der Waals surface area contributed by atoms with Crippen LogP contribution in [0.1, 0.15) is 26.7 Å². The van der Waals surface area contributed by atoms with Crippen molar-refractivity contribution in [3.63, 3.8) is 0 Å². The molecule has 1 aromatic rings. The van der Waals surface area contributed by atoms with Crippen LogP contribution in [-0.4, -0.2) is 35.3 Å². The summed E-state index contributed by atoms with van der Waals surface area (Å²) in [5.41, 5.74) is 0.982. The summed E-state index contributed by atoms with van der Waals surface area (Å²) < 4.78 is 0. The van der Waals surface area contributed by atoms with Crippen molar-refractivity contribution >= 4 is 17.3 Å². The van der Waals surface area contributed by atoms with Gasteiger partial charge in [-0.15, -0.1) is 0 Å². The molecule has 6 nitrogen and oxygen atoms in total. The molecule has 1 atom stereocenters. The molecule has 2 N–H and O–H groups in total. The van der Waals surface area contributed by atoms with Gasteiger partial charge in [0.05, 0.1) is 11.4 Å². The minimum atomic E-state index is -0.846. The number of aromatic nitrogens is 1. The maximum atomic E-state index is 12.0. The van der Waals surface area contributed by atoms with Crippen molar-refractivity contribution in [2.45, 2.75) is 32.3 Å². The van der Waals surface area contributed by atoms with E-state index in [1.54, 1.807) is 19.3 Å². The highest BCUT2D eigenvalue weighted by atomic mass is 16.7. The van der Waals surface area contributed by atoms with Crippen LogP contribution in [0.25, 0.3) is 0 Å². The van der Waals surface area contributed by atoms with Crippen molar-refractivity contribution in [3.05, 3.63) is 24.5 Å². The fourth-order valence-corrected chi connectivity index (χ4v) is 2.03. The van der Waals surface area contributed by atoms with Gasteiger partial charge in [0.1, 0.15) is 0 Å². The molecule has 2 heterocycles. The highest BCUT2D eigenvalue weighted by molar-refractivity contribution is 5.94. The maximum Gasteiger partial charge on any atom is 0.267 e. The van der Waals surface area contributed by atoms with Crippen molar-refractivity contribution < 1.29 is 9.63 Å². The topological polar surface area (TPSA) is 75.6 Å². The molecule has 0 saturated heterocycles. The number of hydrogen-bond donors (Lipinski definition) is 2. The standard InChI is InChI=1S/C14H20N4O2/c1-11-9-14(2,20-18-11)13(19)17-8-4-7-16-12-5-3-6-15-10-12/h3,5-6,10,16H,4,7-9H2,1-2H3,(H,17,19)/t14-/m0/s1. The first-order valence-electron chi connectivity index (χ1n) is 6.74. The van der Waals surface area contributed by atoms with E-state index in [4.69, 9.17) is 4.84 Å². The van der Waals surface area contributed by atoms with Gasteiger partial charge < -0.3 is 15.5 Å². The van der Waals surface area contributed by atoms with Crippen molar-refractivity contribution in [2.24, 2.45) is 5.16 Å². The van der Waals surface area contributed by atoms with Gasteiger partial charge >= 0.3 is 0 Å². The molecule has 0 aromatic carbocycles. The molecule has 0 aliphatic carbocycles. The molecular formula is C14H20N4O2. The van der Waals surface area contributed by atoms with Crippen LogP contribution in [0.2, 0.25) is 0 Å². The van der Waals surface area contributed by atoms with Gasteiger partial charge in [0, 0.05) is 31.9 Å². The maximum absolute atomic E-state index is 12.0. The van der Waals surface area contributed by atoms with E-state index >= 15 is 0 Å². The Kier molecular flexibility index (Phi) is 4.55. The summed E-state index contributed by atoms with van der Waals surface area (Å²) in [5, 5.41) is 9.95. The average Bonchev–Trinajstić information content (AvgIpc) is 2.80. The van der Waals surface area contributed by atoms with Gasteiger partial charge in [-0.2, -0.15) is 0 Å². The lowest BCUT2D eigenvalue weighted by Crippen LogP contribution is -2.45. The van der Waals surface area contributed by atoms with Crippen molar-refractivity contribution in [1.82, 2.24) is 10.3 Å². The van der Waals surface area contributed by atoms with Crippen LogP contribution in [0.15, 0.2) is 29.7 Å². The van der Waals surface area contributed by atoms with Gasteiger partial charge in [0.25, 0.3) is 5.91 Å². The Balaban J connectivity index is 1.63. The van der Waals surface area contributed by atoms with Gasteiger partial charge in [-0.05, 0) is 32.4 Å². The Morgan fingerprint density at radius 2 is 2.35 bits per heavy atom. The summed E-state index contributed by atoms with van der Waals surface area (Å²) in [5.74, 6) is -0.112. The predicted molar refractivity (Wildman–Crippen MR) is 77.6 cm³/mol.